The summed E-state index contributed by atoms with van der Waals surface area (Å²) in [5, 5.41) is 3.47. The van der Waals surface area contributed by atoms with Crippen LogP contribution < -0.4 is 5.32 Å². The van der Waals surface area contributed by atoms with Gasteiger partial charge in [0.25, 0.3) is 0 Å². The molecule has 0 saturated carbocycles. The van der Waals surface area contributed by atoms with Gasteiger partial charge in [0.05, 0.1) is 6.10 Å². The number of rotatable bonds is 1. The molecule has 0 radical (unpaired) electrons. The molecule has 3 heteroatoms. The summed E-state index contributed by atoms with van der Waals surface area (Å²) in [6, 6.07) is 7.00. The van der Waals surface area contributed by atoms with Gasteiger partial charge in [0.15, 0.2) is 0 Å². The molecule has 0 amide bonds. The second kappa shape index (κ2) is 4.63. The fourth-order valence-electron chi connectivity index (χ4n) is 3.67. The lowest BCUT2D eigenvalue weighted by Crippen LogP contribution is -2.47. The van der Waals surface area contributed by atoms with Crippen molar-refractivity contribution in [2.45, 2.75) is 31.8 Å². The summed E-state index contributed by atoms with van der Waals surface area (Å²) in [5.74, 6) is 0.275. The molecular formula is C15H20FNO. The lowest BCUT2D eigenvalue weighted by Gasteiger charge is -2.44. The van der Waals surface area contributed by atoms with E-state index in [-0.39, 0.29) is 11.2 Å². The fourth-order valence-corrected chi connectivity index (χ4v) is 3.67. The molecule has 2 aliphatic heterocycles. The lowest BCUT2D eigenvalue weighted by molar-refractivity contribution is 0.0326. The Morgan fingerprint density at radius 3 is 2.72 bits per heavy atom. The first kappa shape index (κ1) is 12.1. The minimum absolute atomic E-state index is 0.160. The van der Waals surface area contributed by atoms with E-state index in [1.54, 1.807) is 12.1 Å². The molecule has 3 atom stereocenters. The van der Waals surface area contributed by atoms with Gasteiger partial charge in [-0.15, -0.1) is 0 Å². The average molecular weight is 249 g/mol. The highest BCUT2D eigenvalue weighted by Crippen LogP contribution is 2.50. The smallest absolute Gasteiger partial charge is 0.123 e. The van der Waals surface area contributed by atoms with Crippen LogP contribution in [0.2, 0.25) is 0 Å². The van der Waals surface area contributed by atoms with Crippen molar-refractivity contribution in [1.82, 2.24) is 5.32 Å². The van der Waals surface area contributed by atoms with E-state index < -0.39 is 0 Å². The van der Waals surface area contributed by atoms with Crippen molar-refractivity contribution in [3.63, 3.8) is 0 Å². The zero-order valence-corrected chi connectivity index (χ0v) is 10.8. The number of benzene rings is 1. The molecule has 3 rings (SSSR count). The molecule has 18 heavy (non-hydrogen) atoms. The maximum Gasteiger partial charge on any atom is 0.123 e. The zero-order valence-electron chi connectivity index (χ0n) is 10.8. The summed E-state index contributed by atoms with van der Waals surface area (Å²) in [6.45, 7) is 5.08. The Balaban J connectivity index is 1.95. The van der Waals surface area contributed by atoms with Gasteiger partial charge < -0.3 is 10.1 Å². The van der Waals surface area contributed by atoms with E-state index in [1.165, 1.54) is 5.56 Å². The van der Waals surface area contributed by atoms with E-state index in [4.69, 9.17) is 4.74 Å². The number of halogens is 1. The highest BCUT2D eigenvalue weighted by atomic mass is 19.1. The minimum atomic E-state index is -0.160. The maximum absolute atomic E-state index is 13.1. The van der Waals surface area contributed by atoms with Crippen molar-refractivity contribution in [3.8, 4) is 0 Å². The minimum Gasteiger partial charge on any atom is -0.378 e. The Hall–Kier alpha value is -0.930. The molecule has 1 spiro atoms. The van der Waals surface area contributed by atoms with Crippen molar-refractivity contribution >= 4 is 0 Å². The molecule has 2 fully saturated rings. The summed E-state index contributed by atoms with van der Waals surface area (Å²) < 4.78 is 18.9. The second-order valence-electron chi connectivity index (χ2n) is 5.55. The van der Waals surface area contributed by atoms with E-state index in [2.05, 4.69) is 12.2 Å². The van der Waals surface area contributed by atoms with E-state index in [9.17, 15) is 4.39 Å². The monoisotopic (exact) mass is 249 g/mol. The van der Waals surface area contributed by atoms with E-state index in [0.717, 1.165) is 32.5 Å². The third kappa shape index (κ3) is 1.86. The molecule has 2 heterocycles. The zero-order chi connectivity index (χ0) is 12.6. The molecule has 0 bridgehead atoms. The van der Waals surface area contributed by atoms with Crippen LogP contribution in [0.5, 0.6) is 0 Å². The van der Waals surface area contributed by atoms with Crippen LogP contribution in [0.25, 0.3) is 0 Å². The van der Waals surface area contributed by atoms with Gasteiger partial charge >= 0.3 is 0 Å². The normalized spacial score (nSPS) is 36.1. The topological polar surface area (TPSA) is 21.3 Å². The first-order valence-electron chi connectivity index (χ1n) is 6.80. The van der Waals surface area contributed by atoms with Gasteiger partial charge in [0, 0.05) is 24.5 Å². The van der Waals surface area contributed by atoms with E-state index in [1.807, 2.05) is 12.1 Å². The molecule has 2 nitrogen and oxygen atoms in total. The standard InChI is InChI=1S/C15H20FNO/c1-11-15(7-9-18-11)6-8-17-10-14(15)12-2-4-13(16)5-3-12/h2-5,11,14,17H,6-10H2,1H3. The lowest BCUT2D eigenvalue weighted by atomic mass is 9.64. The highest BCUT2D eigenvalue weighted by molar-refractivity contribution is 5.25. The molecule has 3 unspecified atom stereocenters. The predicted octanol–water partition coefficient (Wildman–Crippen LogP) is 2.70. The van der Waals surface area contributed by atoms with Gasteiger partial charge in [-0.2, -0.15) is 0 Å². The van der Waals surface area contributed by atoms with Crippen molar-refractivity contribution in [2.75, 3.05) is 19.7 Å². The number of hydrogen-bond acceptors (Lipinski definition) is 2. The highest BCUT2D eigenvalue weighted by Gasteiger charge is 2.49. The molecule has 0 aliphatic carbocycles. The van der Waals surface area contributed by atoms with Crippen molar-refractivity contribution in [2.24, 2.45) is 5.41 Å². The quantitative estimate of drug-likeness (QED) is 0.826. The second-order valence-corrected chi connectivity index (χ2v) is 5.55. The summed E-state index contributed by atoms with van der Waals surface area (Å²) in [5.41, 5.74) is 1.48. The Morgan fingerprint density at radius 2 is 2.06 bits per heavy atom. The van der Waals surface area contributed by atoms with Gasteiger partial charge in [-0.25, -0.2) is 4.39 Å². The van der Waals surface area contributed by atoms with E-state index in [0.29, 0.717) is 12.0 Å². The average Bonchev–Trinajstić information content (AvgIpc) is 2.74. The van der Waals surface area contributed by atoms with Crippen LogP contribution in [0.1, 0.15) is 31.2 Å². The van der Waals surface area contributed by atoms with Crippen LogP contribution in [0, 0.1) is 11.2 Å². The molecule has 2 aliphatic rings. The van der Waals surface area contributed by atoms with E-state index >= 15 is 0 Å². The third-order valence-electron chi connectivity index (χ3n) is 4.83. The van der Waals surface area contributed by atoms with Crippen LogP contribution in [-0.4, -0.2) is 25.8 Å². The number of nitrogens with one attached hydrogen (secondary N) is 1. The summed E-state index contributed by atoms with van der Waals surface area (Å²) >= 11 is 0. The third-order valence-corrected chi connectivity index (χ3v) is 4.83. The molecular weight excluding hydrogens is 229 g/mol. The Kier molecular flexibility index (Phi) is 3.12. The first-order valence-corrected chi connectivity index (χ1v) is 6.80. The molecule has 98 valence electrons. The first-order chi connectivity index (χ1) is 8.72. The molecule has 2 saturated heterocycles. The van der Waals surface area contributed by atoms with Crippen molar-refractivity contribution < 1.29 is 9.13 Å². The Morgan fingerprint density at radius 1 is 1.28 bits per heavy atom. The SMILES string of the molecule is CC1OCCC12CCNCC2c1ccc(F)cc1. The fraction of sp³-hybridized carbons (Fsp3) is 0.600. The molecule has 1 aromatic carbocycles. The summed E-state index contributed by atoms with van der Waals surface area (Å²) in [4.78, 5) is 0. The van der Waals surface area contributed by atoms with Crippen molar-refractivity contribution in [3.05, 3.63) is 35.6 Å². The van der Waals surface area contributed by atoms with Crippen LogP contribution in [-0.2, 0) is 4.74 Å². The summed E-state index contributed by atoms with van der Waals surface area (Å²) in [7, 11) is 0. The number of hydrogen-bond donors (Lipinski definition) is 1. The van der Waals surface area contributed by atoms with Gasteiger partial charge in [-0.3, -0.25) is 0 Å². The van der Waals surface area contributed by atoms with Crippen LogP contribution in [0.15, 0.2) is 24.3 Å². The van der Waals surface area contributed by atoms with Gasteiger partial charge in [0.1, 0.15) is 5.82 Å². The molecule has 0 aromatic heterocycles. The molecule has 1 aromatic rings. The van der Waals surface area contributed by atoms with Crippen LogP contribution >= 0.6 is 0 Å². The van der Waals surface area contributed by atoms with Gasteiger partial charge in [-0.1, -0.05) is 12.1 Å². The Labute approximate surface area is 108 Å². The van der Waals surface area contributed by atoms with Crippen LogP contribution in [0.3, 0.4) is 0 Å². The largest absolute Gasteiger partial charge is 0.378 e. The molecule has 1 N–H and O–H groups in total. The predicted molar refractivity (Wildman–Crippen MR) is 69.1 cm³/mol. The van der Waals surface area contributed by atoms with Gasteiger partial charge in [0.2, 0.25) is 0 Å². The van der Waals surface area contributed by atoms with Gasteiger partial charge in [-0.05, 0) is 44.0 Å². The van der Waals surface area contributed by atoms with Crippen molar-refractivity contribution in [1.29, 1.82) is 0 Å². The van der Waals surface area contributed by atoms with Crippen LogP contribution in [0.4, 0.5) is 4.39 Å². The number of ether oxygens (including phenoxy) is 1. The Bertz CT molecular complexity index is 419. The summed E-state index contributed by atoms with van der Waals surface area (Å²) in [6.07, 6.45) is 2.57. The maximum atomic E-state index is 13.1. The number of piperidine rings is 1.